The molecule has 1 N–H and O–H groups in total. The first-order valence-electron chi connectivity index (χ1n) is 5.80. The fourth-order valence-electron chi connectivity index (χ4n) is 2.28. The van der Waals surface area contributed by atoms with Gasteiger partial charge in [0.05, 0.1) is 5.69 Å². The molecule has 3 rings (SSSR count). The number of ether oxygens (including phenoxy) is 1. The van der Waals surface area contributed by atoms with Crippen LogP contribution in [-0.2, 0) is 28.1 Å². The van der Waals surface area contributed by atoms with Crippen molar-refractivity contribution in [2.45, 2.75) is 30.5 Å². The highest BCUT2D eigenvalue weighted by Crippen LogP contribution is 2.34. The third-order valence-electron chi connectivity index (χ3n) is 3.18. The molecule has 6 heteroatoms. The molecule has 1 aromatic heterocycles. The Labute approximate surface area is 104 Å². The van der Waals surface area contributed by atoms with E-state index < -0.39 is 0 Å². The molecule has 0 aromatic carbocycles. The number of rotatable bonds is 2. The van der Waals surface area contributed by atoms with E-state index in [4.69, 9.17) is 4.74 Å². The fourth-order valence-corrected chi connectivity index (χ4v) is 3.31. The van der Waals surface area contributed by atoms with E-state index in [9.17, 15) is 4.79 Å². The maximum absolute atomic E-state index is 12.0. The van der Waals surface area contributed by atoms with Crippen LogP contribution >= 0.6 is 11.8 Å². The molecule has 1 amide bonds. The largest absolute Gasteiger partial charge is 0.368 e. The SMILES string of the molecule is Cn1nc2c(c1NC(=O)[C@H]1CCCO1)CSC2. The lowest BCUT2D eigenvalue weighted by atomic mass is 10.2. The lowest BCUT2D eigenvalue weighted by Crippen LogP contribution is -2.28. The molecule has 1 saturated heterocycles. The number of thioether (sulfide) groups is 1. The summed E-state index contributed by atoms with van der Waals surface area (Å²) in [5.74, 6) is 2.68. The smallest absolute Gasteiger partial charge is 0.254 e. The van der Waals surface area contributed by atoms with Gasteiger partial charge in [-0.05, 0) is 12.8 Å². The zero-order valence-corrected chi connectivity index (χ0v) is 10.5. The molecular formula is C11H15N3O2S. The maximum Gasteiger partial charge on any atom is 0.254 e. The number of nitrogens with zero attached hydrogens (tertiary/aromatic N) is 2. The topological polar surface area (TPSA) is 56.2 Å². The van der Waals surface area contributed by atoms with Crippen molar-refractivity contribution in [3.63, 3.8) is 0 Å². The molecule has 0 saturated carbocycles. The normalized spacial score (nSPS) is 22.8. The number of aryl methyl sites for hydroxylation is 1. The van der Waals surface area contributed by atoms with Crippen molar-refractivity contribution in [1.82, 2.24) is 9.78 Å². The van der Waals surface area contributed by atoms with E-state index in [-0.39, 0.29) is 12.0 Å². The van der Waals surface area contributed by atoms with E-state index in [0.717, 1.165) is 35.9 Å². The Balaban J connectivity index is 1.78. The molecule has 0 aliphatic carbocycles. The zero-order valence-electron chi connectivity index (χ0n) is 9.73. The quantitative estimate of drug-likeness (QED) is 0.862. The maximum atomic E-state index is 12.0. The number of carbonyl (C=O) groups is 1. The van der Waals surface area contributed by atoms with Crippen LogP contribution in [-0.4, -0.2) is 28.4 Å². The molecule has 1 aromatic rings. The van der Waals surface area contributed by atoms with Crippen LogP contribution < -0.4 is 5.32 Å². The van der Waals surface area contributed by atoms with E-state index in [1.165, 1.54) is 5.56 Å². The second-order valence-corrected chi connectivity index (χ2v) is 5.37. The second-order valence-electron chi connectivity index (χ2n) is 4.38. The molecule has 2 aliphatic heterocycles. The Morgan fingerprint density at radius 3 is 3.24 bits per heavy atom. The van der Waals surface area contributed by atoms with Gasteiger partial charge in [0.2, 0.25) is 0 Å². The molecular weight excluding hydrogens is 238 g/mol. The van der Waals surface area contributed by atoms with Crippen molar-refractivity contribution >= 4 is 23.5 Å². The van der Waals surface area contributed by atoms with Gasteiger partial charge in [-0.15, -0.1) is 0 Å². The van der Waals surface area contributed by atoms with Crippen molar-refractivity contribution in [2.24, 2.45) is 7.05 Å². The number of nitrogens with one attached hydrogen (secondary N) is 1. The van der Waals surface area contributed by atoms with Gasteiger partial charge in [-0.3, -0.25) is 9.48 Å². The lowest BCUT2D eigenvalue weighted by molar-refractivity contribution is -0.124. The van der Waals surface area contributed by atoms with Gasteiger partial charge in [-0.2, -0.15) is 16.9 Å². The lowest BCUT2D eigenvalue weighted by Gasteiger charge is -2.11. The van der Waals surface area contributed by atoms with Crippen LogP contribution in [0.3, 0.4) is 0 Å². The van der Waals surface area contributed by atoms with Gasteiger partial charge in [0.1, 0.15) is 11.9 Å². The van der Waals surface area contributed by atoms with Crippen molar-refractivity contribution < 1.29 is 9.53 Å². The summed E-state index contributed by atoms with van der Waals surface area (Å²) in [4.78, 5) is 12.0. The first-order valence-corrected chi connectivity index (χ1v) is 6.96. The Bertz CT molecular complexity index is 452. The highest BCUT2D eigenvalue weighted by Gasteiger charge is 2.27. The highest BCUT2D eigenvalue weighted by atomic mass is 32.2. The number of carbonyl (C=O) groups excluding carboxylic acids is 1. The van der Waals surface area contributed by atoms with E-state index in [0.29, 0.717) is 6.61 Å². The number of hydrogen-bond acceptors (Lipinski definition) is 4. The molecule has 3 heterocycles. The molecule has 0 spiro atoms. The van der Waals surface area contributed by atoms with Crippen molar-refractivity contribution in [2.75, 3.05) is 11.9 Å². The molecule has 2 aliphatic rings. The van der Waals surface area contributed by atoms with Crippen LogP contribution in [0.4, 0.5) is 5.82 Å². The molecule has 92 valence electrons. The second kappa shape index (κ2) is 4.34. The predicted octanol–water partition coefficient (Wildman–Crippen LogP) is 1.28. The van der Waals surface area contributed by atoms with Crippen LogP contribution in [0, 0.1) is 0 Å². The van der Waals surface area contributed by atoms with Crippen LogP contribution in [0.2, 0.25) is 0 Å². The van der Waals surface area contributed by atoms with Crippen molar-refractivity contribution in [3.8, 4) is 0 Å². The molecule has 1 fully saturated rings. The van der Waals surface area contributed by atoms with Crippen molar-refractivity contribution in [1.29, 1.82) is 0 Å². The summed E-state index contributed by atoms with van der Waals surface area (Å²) in [5.41, 5.74) is 2.27. The molecule has 0 radical (unpaired) electrons. The van der Waals surface area contributed by atoms with Gasteiger partial charge in [0, 0.05) is 30.7 Å². The van der Waals surface area contributed by atoms with Gasteiger partial charge < -0.3 is 10.1 Å². The summed E-state index contributed by atoms with van der Waals surface area (Å²) in [6.07, 6.45) is 1.51. The Morgan fingerprint density at radius 1 is 1.59 bits per heavy atom. The molecule has 17 heavy (non-hydrogen) atoms. The number of fused-ring (bicyclic) bond motifs is 1. The summed E-state index contributed by atoms with van der Waals surface area (Å²) < 4.78 is 7.14. The summed E-state index contributed by atoms with van der Waals surface area (Å²) >= 11 is 1.83. The number of hydrogen-bond donors (Lipinski definition) is 1. The Hall–Kier alpha value is -1.01. The summed E-state index contributed by atoms with van der Waals surface area (Å²) in [6, 6.07) is 0. The van der Waals surface area contributed by atoms with Crippen LogP contribution in [0.15, 0.2) is 0 Å². The standard InChI is InChI=1S/C11H15N3O2S/c1-14-10(7-5-17-6-8(7)13-14)12-11(15)9-3-2-4-16-9/h9H,2-6H2,1H3,(H,12,15)/t9-/m1/s1. The minimum Gasteiger partial charge on any atom is -0.368 e. The molecule has 0 bridgehead atoms. The van der Waals surface area contributed by atoms with Crippen LogP contribution in [0.5, 0.6) is 0 Å². The minimum absolute atomic E-state index is 0.0369. The van der Waals surface area contributed by atoms with Gasteiger partial charge in [0.15, 0.2) is 0 Å². The van der Waals surface area contributed by atoms with E-state index in [1.54, 1.807) is 4.68 Å². The number of amides is 1. The predicted molar refractivity (Wildman–Crippen MR) is 65.8 cm³/mol. The minimum atomic E-state index is -0.283. The summed E-state index contributed by atoms with van der Waals surface area (Å²) in [7, 11) is 1.87. The molecule has 1 atom stereocenters. The van der Waals surface area contributed by atoms with Gasteiger partial charge in [-0.1, -0.05) is 0 Å². The summed E-state index contributed by atoms with van der Waals surface area (Å²) in [5, 5.41) is 7.37. The third kappa shape index (κ3) is 1.95. The van der Waals surface area contributed by atoms with Gasteiger partial charge in [0.25, 0.3) is 5.91 Å². The third-order valence-corrected chi connectivity index (χ3v) is 4.15. The Kier molecular flexibility index (Phi) is 2.84. The number of anilines is 1. The average molecular weight is 253 g/mol. The molecule has 0 unspecified atom stereocenters. The Morgan fingerprint density at radius 2 is 2.47 bits per heavy atom. The average Bonchev–Trinajstić information content (AvgIpc) is 2.98. The van der Waals surface area contributed by atoms with Gasteiger partial charge >= 0.3 is 0 Å². The van der Waals surface area contributed by atoms with E-state index in [2.05, 4.69) is 10.4 Å². The molecule has 5 nitrogen and oxygen atoms in total. The first-order chi connectivity index (χ1) is 8.25. The highest BCUT2D eigenvalue weighted by molar-refractivity contribution is 7.98. The van der Waals surface area contributed by atoms with E-state index in [1.807, 2.05) is 18.8 Å². The number of aromatic nitrogens is 2. The fraction of sp³-hybridized carbons (Fsp3) is 0.636. The zero-order chi connectivity index (χ0) is 11.8. The van der Waals surface area contributed by atoms with Crippen LogP contribution in [0.25, 0.3) is 0 Å². The monoisotopic (exact) mass is 253 g/mol. The first kappa shape index (κ1) is 11.1. The van der Waals surface area contributed by atoms with Crippen molar-refractivity contribution in [3.05, 3.63) is 11.3 Å². The van der Waals surface area contributed by atoms with Gasteiger partial charge in [-0.25, -0.2) is 0 Å². The van der Waals surface area contributed by atoms with E-state index >= 15 is 0 Å². The van der Waals surface area contributed by atoms with Crippen LogP contribution in [0.1, 0.15) is 24.1 Å². The summed E-state index contributed by atoms with van der Waals surface area (Å²) in [6.45, 7) is 0.692.